The Labute approximate surface area is 149 Å². The minimum atomic E-state index is 0.508. The van der Waals surface area contributed by atoms with Crippen molar-refractivity contribution in [2.45, 2.75) is 32.4 Å². The molecule has 2 heterocycles. The zero-order chi connectivity index (χ0) is 17.1. The second-order valence-electron chi connectivity index (χ2n) is 6.92. The van der Waals surface area contributed by atoms with Gasteiger partial charge in [-0.2, -0.15) is 5.10 Å². The smallest absolute Gasteiger partial charge is 0.0929 e. The van der Waals surface area contributed by atoms with Crippen molar-refractivity contribution in [2.75, 3.05) is 13.1 Å². The minimum absolute atomic E-state index is 0.508. The van der Waals surface area contributed by atoms with Crippen molar-refractivity contribution in [3.05, 3.63) is 66.7 Å². The molecule has 0 bridgehead atoms. The largest absolute Gasteiger partial charge is 0.299 e. The number of aromatic nitrogens is 2. The van der Waals surface area contributed by atoms with E-state index in [0.29, 0.717) is 6.04 Å². The molecule has 1 aromatic heterocycles. The molecule has 0 radical (unpaired) electrons. The summed E-state index contributed by atoms with van der Waals surface area (Å²) < 4.78 is 2.20. The van der Waals surface area contributed by atoms with Crippen LogP contribution < -0.4 is 0 Å². The van der Waals surface area contributed by atoms with Gasteiger partial charge in [-0.3, -0.25) is 9.58 Å². The van der Waals surface area contributed by atoms with E-state index >= 15 is 0 Å². The summed E-state index contributed by atoms with van der Waals surface area (Å²) in [6, 6.07) is 23.8. The molecule has 3 nitrogen and oxygen atoms in total. The monoisotopic (exact) mass is 331 g/mol. The second-order valence-corrected chi connectivity index (χ2v) is 6.92. The van der Waals surface area contributed by atoms with E-state index in [1.165, 1.54) is 42.8 Å². The molecule has 4 rings (SSSR count). The lowest BCUT2D eigenvalue weighted by atomic mass is 10.1. The highest BCUT2D eigenvalue weighted by atomic mass is 15.3. The highest BCUT2D eigenvalue weighted by Gasteiger charge is 2.20. The number of nitrogens with zero attached hydrogens (tertiary/aromatic N) is 3. The Balaban J connectivity index is 1.69. The summed E-state index contributed by atoms with van der Waals surface area (Å²) in [6.07, 6.45) is 2.65. The predicted molar refractivity (Wildman–Crippen MR) is 103 cm³/mol. The van der Waals surface area contributed by atoms with Gasteiger partial charge in [-0.25, -0.2) is 0 Å². The van der Waals surface area contributed by atoms with Crippen LogP contribution in [0.25, 0.3) is 22.5 Å². The molecular weight excluding hydrogens is 306 g/mol. The van der Waals surface area contributed by atoms with Gasteiger partial charge in [0.1, 0.15) is 0 Å². The van der Waals surface area contributed by atoms with Gasteiger partial charge in [0.25, 0.3) is 0 Å². The predicted octanol–water partition coefficient (Wildman–Crippen LogP) is 4.70. The highest BCUT2D eigenvalue weighted by molar-refractivity contribution is 5.68. The van der Waals surface area contributed by atoms with Gasteiger partial charge in [0.05, 0.1) is 17.9 Å². The minimum Gasteiger partial charge on any atom is -0.299 e. The fourth-order valence-electron chi connectivity index (χ4n) is 3.70. The summed E-state index contributed by atoms with van der Waals surface area (Å²) >= 11 is 0. The van der Waals surface area contributed by atoms with Crippen molar-refractivity contribution in [2.24, 2.45) is 0 Å². The van der Waals surface area contributed by atoms with E-state index in [4.69, 9.17) is 5.10 Å². The van der Waals surface area contributed by atoms with Crippen LogP contribution in [0.4, 0.5) is 0 Å². The van der Waals surface area contributed by atoms with Crippen LogP contribution in [0.2, 0.25) is 0 Å². The molecule has 1 unspecified atom stereocenters. The molecule has 0 amide bonds. The van der Waals surface area contributed by atoms with E-state index in [0.717, 1.165) is 12.2 Å². The van der Waals surface area contributed by atoms with Crippen LogP contribution in [0, 0.1) is 0 Å². The van der Waals surface area contributed by atoms with E-state index in [9.17, 15) is 0 Å². The molecule has 3 heteroatoms. The van der Waals surface area contributed by atoms with Gasteiger partial charge in [0.15, 0.2) is 0 Å². The van der Waals surface area contributed by atoms with Crippen LogP contribution in [-0.2, 0) is 6.54 Å². The molecule has 1 aliphatic rings. The van der Waals surface area contributed by atoms with Gasteiger partial charge >= 0.3 is 0 Å². The Bertz CT molecular complexity index is 802. The number of benzene rings is 2. The first-order valence-electron chi connectivity index (χ1n) is 9.24. The average molecular weight is 331 g/mol. The molecule has 2 aromatic carbocycles. The van der Waals surface area contributed by atoms with Crippen LogP contribution in [0.1, 0.15) is 19.8 Å². The third-order valence-electron chi connectivity index (χ3n) is 5.12. The van der Waals surface area contributed by atoms with Crippen LogP contribution in [-0.4, -0.2) is 33.8 Å². The van der Waals surface area contributed by atoms with Crippen LogP contribution in [0.5, 0.6) is 0 Å². The maximum absolute atomic E-state index is 4.96. The molecule has 128 valence electrons. The van der Waals surface area contributed by atoms with Gasteiger partial charge in [0, 0.05) is 11.6 Å². The lowest BCUT2D eigenvalue weighted by Crippen LogP contribution is -2.34. The summed E-state index contributed by atoms with van der Waals surface area (Å²) in [5.41, 5.74) is 4.65. The van der Waals surface area contributed by atoms with Gasteiger partial charge in [-0.15, -0.1) is 0 Å². The quantitative estimate of drug-likeness (QED) is 0.675. The van der Waals surface area contributed by atoms with E-state index in [-0.39, 0.29) is 0 Å². The van der Waals surface area contributed by atoms with Gasteiger partial charge in [-0.05, 0) is 44.5 Å². The Morgan fingerprint density at radius 2 is 1.48 bits per heavy atom. The molecule has 0 aliphatic carbocycles. The van der Waals surface area contributed by atoms with Gasteiger partial charge in [0.2, 0.25) is 0 Å². The summed E-state index contributed by atoms with van der Waals surface area (Å²) in [6.45, 7) is 5.68. The van der Waals surface area contributed by atoms with E-state index in [1.807, 2.05) is 6.07 Å². The van der Waals surface area contributed by atoms with E-state index in [1.54, 1.807) is 0 Å². The maximum atomic E-state index is 4.96. The number of hydrogen-bond donors (Lipinski definition) is 0. The molecule has 1 fully saturated rings. The first kappa shape index (κ1) is 16.1. The third kappa shape index (κ3) is 3.52. The SMILES string of the molecule is CC(Cn1nc(-c2ccccc2)cc1-c1ccccc1)N1CCCC1. The average Bonchev–Trinajstić information content (AvgIpc) is 3.33. The van der Waals surface area contributed by atoms with Crippen LogP contribution in [0.15, 0.2) is 66.7 Å². The Kier molecular flexibility index (Phi) is 4.66. The molecule has 1 atom stereocenters. The summed E-state index contributed by atoms with van der Waals surface area (Å²) in [4.78, 5) is 2.58. The van der Waals surface area contributed by atoms with Crippen molar-refractivity contribution in [3.8, 4) is 22.5 Å². The van der Waals surface area contributed by atoms with Crippen LogP contribution >= 0.6 is 0 Å². The molecule has 1 aliphatic heterocycles. The summed E-state index contributed by atoms with van der Waals surface area (Å²) in [7, 11) is 0. The topological polar surface area (TPSA) is 21.1 Å². The second kappa shape index (κ2) is 7.24. The zero-order valence-corrected chi connectivity index (χ0v) is 14.8. The van der Waals surface area contributed by atoms with Crippen molar-refractivity contribution >= 4 is 0 Å². The highest BCUT2D eigenvalue weighted by Crippen LogP contribution is 2.27. The number of likely N-dealkylation sites (tertiary alicyclic amines) is 1. The molecule has 0 spiro atoms. The standard InChI is InChI=1S/C22H25N3/c1-18(24-14-8-9-15-24)17-25-22(20-12-6-3-7-13-20)16-21(23-25)19-10-4-2-5-11-19/h2-7,10-13,16,18H,8-9,14-15,17H2,1H3. The molecule has 0 saturated carbocycles. The molecule has 3 aromatic rings. The first-order valence-corrected chi connectivity index (χ1v) is 9.24. The Morgan fingerprint density at radius 1 is 0.880 bits per heavy atom. The van der Waals surface area contributed by atoms with Gasteiger partial charge < -0.3 is 0 Å². The van der Waals surface area contributed by atoms with Crippen molar-refractivity contribution in [3.63, 3.8) is 0 Å². The Hall–Kier alpha value is -2.39. The summed E-state index contributed by atoms with van der Waals surface area (Å²) in [5.74, 6) is 0. The summed E-state index contributed by atoms with van der Waals surface area (Å²) in [5, 5.41) is 4.96. The van der Waals surface area contributed by atoms with E-state index in [2.05, 4.69) is 77.2 Å². The lowest BCUT2D eigenvalue weighted by molar-refractivity contribution is 0.231. The Morgan fingerprint density at radius 3 is 2.12 bits per heavy atom. The van der Waals surface area contributed by atoms with Crippen molar-refractivity contribution in [1.29, 1.82) is 0 Å². The molecular formula is C22H25N3. The number of rotatable bonds is 5. The van der Waals surface area contributed by atoms with E-state index < -0.39 is 0 Å². The lowest BCUT2D eigenvalue weighted by Gasteiger charge is -2.24. The molecule has 0 N–H and O–H groups in total. The zero-order valence-electron chi connectivity index (χ0n) is 14.8. The van der Waals surface area contributed by atoms with Crippen LogP contribution in [0.3, 0.4) is 0 Å². The third-order valence-corrected chi connectivity index (χ3v) is 5.12. The first-order chi connectivity index (χ1) is 12.3. The normalized spacial score (nSPS) is 16.2. The van der Waals surface area contributed by atoms with Crippen molar-refractivity contribution < 1.29 is 0 Å². The fraction of sp³-hybridized carbons (Fsp3) is 0.318. The van der Waals surface area contributed by atoms with Gasteiger partial charge in [-0.1, -0.05) is 60.7 Å². The fourth-order valence-corrected chi connectivity index (χ4v) is 3.70. The number of hydrogen-bond acceptors (Lipinski definition) is 2. The van der Waals surface area contributed by atoms with Crippen molar-refractivity contribution in [1.82, 2.24) is 14.7 Å². The maximum Gasteiger partial charge on any atom is 0.0929 e. The molecule has 25 heavy (non-hydrogen) atoms. The molecule has 1 saturated heterocycles.